The van der Waals surface area contributed by atoms with E-state index in [0.717, 1.165) is 45.4 Å². The van der Waals surface area contributed by atoms with Crippen LogP contribution in [0.15, 0.2) is 0 Å². The molecule has 1 atom stereocenters. The highest BCUT2D eigenvalue weighted by Gasteiger charge is 2.74. The number of nitrogens with one attached hydrogen (secondary N) is 1. The predicted molar refractivity (Wildman–Crippen MR) is 65.2 cm³/mol. The maximum Gasteiger partial charge on any atom is 0.311 e. The molecule has 1 heterocycles. The third-order valence-electron chi connectivity index (χ3n) is 4.57. The zero-order valence-electron chi connectivity index (χ0n) is 10.2. The van der Waals surface area contributed by atoms with Crippen molar-refractivity contribution >= 4 is 18.4 Å². The second-order valence-corrected chi connectivity index (χ2v) is 5.60. The maximum absolute atomic E-state index is 11.6. The molecule has 0 aromatic rings. The summed E-state index contributed by atoms with van der Waals surface area (Å²) in [4.78, 5) is 11.6. The zero-order valence-corrected chi connectivity index (χ0v) is 11.0. The minimum absolute atomic E-state index is 0. The van der Waals surface area contributed by atoms with Crippen molar-refractivity contribution in [2.75, 3.05) is 26.9 Å². The normalized spacial score (nSPS) is 43.5. The van der Waals surface area contributed by atoms with Crippen molar-refractivity contribution in [3.8, 4) is 0 Å². The number of hydrogen-bond acceptors (Lipinski definition) is 4. The van der Waals surface area contributed by atoms with Crippen molar-refractivity contribution in [1.82, 2.24) is 5.32 Å². The first-order valence-electron chi connectivity index (χ1n) is 6.10. The minimum atomic E-state index is -0.122. The molecule has 2 bridgehead atoms. The minimum Gasteiger partial charge on any atom is -0.469 e. The summed E-state index contributed by atoms with van der Waals surface area (Å²) in [6, 6.07) is 0.446. The van der Waals surface area contributed by atoms with Crippen molar-refractivity contribution in [2.45, 2.75) is 31.7 Å². The fourth-order valence-electron chi connectivity index (χ4n) is 3.77. The zero-order chi connectivity index (χ0) is 11.2. The van der Waals surface area contributed by atoms with Crippen LogP contribution in [0, 0.1) is 10.8 Å². The van der Waals surface area contributed by atoms with E-state index in [9.17, 15) is 4.79 Å². The van der Waals surface area contributed by atoms with Crippen LogP contribution < -0.4 is 5.32 Å². The van der Waals surface area contributed by atoms with Crippen molar-refractivity contribution in [3.63, 3.8) is 0 Å². The van der Waals surface area contributed by atoms with Crippen LogP contribution in [0.2, 0.25) is 0 Å². The maximum atomic E-state index is 11.6. The van der Waals surface area contributed by atoms with Gasteiger partial charge < -0.3 is 14.8 Å². The van der Waals surface area contributed by atoms with Crippen LogP contribution in [0.5, 0.6) is 0 Å². The van der Waals surface area contributed by atoms with Crippen molar-refractivity contribution in [2.24, 2.45) is 10.8 Å². The van der Waals surface area contributed by atoms with Crippen molar-refractivity contribution < 1.29 is 14.3 Å². The Bertz CT molecular complexity index is 293. The summed E-state index contributed by atoms with van der Waals surface area (Å²) in [6.45, 7) is 2.70. The fourth-order valence-corrected chi connectivity index (χ4v) is 3.77. The number of halogens is 1. The van der Waals surface area contributed by atoms with E-state index in [1.807, 2.05) is 0 Å². The molecule has 0 amide bonds. The van der Waals surface area contributed by atoms with E-state index in [4.69, 9.17) is 9.47 Å². The first-order chi connectivity index (χ1) is 7.71. The summed E-state index contributed by atoms with van der Waals surface area (Å²) in [7, 11) is 1.49. The molecule has 1 aliphatic heterocycles. The molecular weight excluding hydrogens is 242 g/mol. The van der Waals surface area contributed by atoms with Gasteiger partial charge in [-0.25, -0.2) is 0 Å². The topological polar surface area (TPSA) is 47.6 Å². The molecule has 0 aromatic heterocycles. The van der Waals surface area contributed by atoms with Crippen LogP contribution >= 0.6 is 12.4 Å². The van der Waals surface area contributed by atoms with Gasteiger partial charge in [0.25, 0.3) is 0 Å². The fraction of sp³-hybridized carbons (Fsp3) is 0.917. The second kappa shape index (κ2) is 4.41. The second-order valence-electron chi connectivity index (χ2n) is 5.60. The lowest BCUT2D eigenvalue weighted by molar-refractivity contribution is -0.238. The van der Waals surface area contributed by atoms with Gasteiger partial charge in [-0.3, -0.25) is 4.79 Å². The van der Waals surface area contributed by atoms with Gasteiger partial charge in [0.2, 0.25) is 0 Å². The van der Waals surface area contributed by atoms with E-state index in [1.165, 1.54) is 7.11 Å². The number of methoxy groups -OCH3 is 1. The molecule has 4 aliphatic rings. The summed E-state index contributed by atoms with van der Waals surface area (Å²) in [5, 5.41) is 3.56. The molecule has 1 N–H and O–H groups in total. The monoisotopic (exact) mass is 261 g/mol. The molecule has 1 unspecified atom stereocenters. The molecule has 3 aliphatic carbocycles. The lowest BCUT2D eigenvalue weighted by atomic mass is 9.33. The van der Waals surface area contributed by atoms with Crippen LogP contribution in [0.1, 0.15) is 25.7 Å². The van der Waals surface area contributed by atoms with Gasteiger partial charge in [-0.05, 0) is 37.6 Å². The number of ether oxygens (including phenoxy) is 2. The highest BCUT2D eigenvalue weighted by atomic mass is 35.5. The largest absolute Gasteiger partial charge is 0.469 e. The Morgan fingerprint density at radius 2 is 2.12 bits per heavy atom. The lowest BCUT2D eigenvalue weighted by Crippen LogP contribution is -2.72. The molecule has 5 heteroatoms. The molecule has 4 rings (SSSR count). The van der Waals surface area contributed by atoms with Gasteiger partial charge in [-0.2, -0.15) is 0 Å². The third kappa shape index (κ3) is 1.77. The van der Waals surface area contributed by atoms with Gasteiger partial charge in [0.15, 0.2) is 0 Å². The molecular formula is C12H20ClNO3. The molecule has 1 saturated heterocycles. The van der Waals surface area contributed by atoms with Gasteiger partial charge in [0.05, 0.1) is 19.1 Å². The van der Waals surface area contributed by atoms with Crippen LogP contribution in [0.25, 0.3) is 0 Å². The molecule has 3 saturated carbocycles. The van der Waals surface area contributed by atoms with Crippen molar-refractivity contribution in [3.05, 3.63) is 0 Å². The first kappa shape index (κ1) is 13.1. The number of rotatable bonds is 2. The van der Waals surface area contributed by atoms with Crippen LogP contribution in [-0.2, 0) is 14.3 Å². The summed E-state index contributed by atoms with van der Waals surface area (Å²) < 4.78 is 10.5. The van der Waals surface area contributed by atoms with Crippen LogP contribution in [0.4, 0.5) is 0 Å². The molecule has 0 spiro atoms. The number of carbonyl (C=O) groups is 1. The highest BCUT2D eigenvalue weighted by Crippen LogP contribution is 2.75. The van der Waals surface area contributed by atoms with E-state index < -0.39 is 0 Å². The average Bonchev–Trinajstić information content (AvgIpc) is 2.42. The molecule has 17 heavy (non-hydrogen) atoms. The van der Waals surface area contributed by atoms with Crippen molar-refractivity contribution in [1.29, 1.82) is 0 Å². The highest BCUT2D eigenvalue weighted by molar-refractivity contribution is 5.85. The van der Waals surface area contributed by atoms with Gasteiger partial charge in [0.1, 0.15) is 0 Å². The smallest absolute Gasteiger partial charge is 0.311 e. The Morgan fingerprint density at radius 1 is 1.41 bits per heavy atom. The lowest BCUT2D eigenvalue weighted by Gasteiger charge is -2.71. The van der Waals surface area contributed by atoms with E-state index in [2.05, 4.69) is 5.32 Å². The molecule has 98 valence electrons. The van der Waals surface area contributed by atoms with Gasteiger partial charge >= 0.3 is 5.97 Å². The van der Waals surface area contributed by atoms with E-state index in [-0.39, 0.29) is 23.8 Å². The number of hydrogen-bond donors (Lipinski definition) is 1. The van der Waals surface area contributed by atoms with Crippen LogP contribution in [0.3, 0.4) is 0 Å². The molecule has 4 nitrogen and oxygen atoms in total. The summed E-state index contributed by atoms with van der Waals surface area (Å²) >= 11 is 0. The summed E-state index contributed by atoms with van der Waals surface area (Å²) in [5.74, 6) is -0.0103. The van der Waals surface area contributed by atoms with E-state index >= 15 is 0 Å². The third-order valence-corrected chi connectivity index (χ3v) is 4.57. The first-order valence-corrected chi connectivity index (χ1v) is 6.10. The van der Waals surface area contributed by atoms with Gasteiger partial charge in [-0.1, -0.05) is 0 Å². The van der Waals surface area contributed by atoms with Gasteiger partial charge in [0, 0.05) is 12.6 Å². The standard InChI is InChI=1S/C12H19NO3.ClH/c1-15-10(14)12-6-11(7-12,8-12)9-5-16-4-2-3-13-9;/h9,13H,2-8H2,1H3;1H. The summed E-state index contributed by atoms with van der Waals surface area (Å²) in [6.07, 6.45) is 4.07. The molecule has 0 radical (unpaired) electrons. The number of esters is 1. The Morgan fingerprint density at radius 3 is 2.76 bits per heavy atom. The Hall–Kier alpha value is -0.320. The van der Waals surface area contributed by atoms with E-state index in [0.29, 0.717) is 11.5 Å². The van der Waals surface area contributed by atoms with Crippen LogP contribution in [-0.4, -0.2) is 38.9 Å². The quantitative estimate of drug-likeness (QED) is 0.757. The SMILES string of the molecule is COC(=O)C12CC(C3COCCCN3)(C1)C2.Cl. The Balaban J connectivity index is 0.00000108. The molecule has 4 fully saturated rings. The number of carbonyl (C=O) groups excluding carboxylic acids is 1. The molecule has 0 aromatic carbocycles. The Kier molecular flexibility index (Phi) is 3.40. The van der Waals surface area contributed by atoms with E-state index in [1.54, 1.807) is 0 Å². The van der Waals surface area contributed by atoms with Gasteiger partial charge in [-0.15, -0.1) is 12.4 Å². The summed E-state index contributed by atoms with van der Waals surface area (Å²) in [5.41, 5.74) is 0.210. The average molecular weight is 262 g/mol. The Labute approximate surface area is 108 Å². The predicted octanol–water partition coefficient (Wildman–Crippen LogP) is 1.13.